The summed E-state index contributed by atoms with van der Waals surface area (Å²) in [6.45, 7) is 3.73. The monoisotopic (exact) mass is 439 g/mol. The predicted molar refractivity (Wildman–Crippen MR) is 110 cm³/mol. The van der Waals surface area contributed by atoms with Crippen LogP contribution in [0.3, 0.4) is 0 Å². The van der Waals surface area contributed by atoms with Gasteiger partial charge in [-0.3, -0.25) is 9.69 Å². The third kappa shape index (κ3) is 4.58. The van der Waals surface area contributed by atoms with Crippen LogP contribution in [0.1, 0.15) is 28.1 Å². The summed E-state index contributed by atoms with van der Waals surface area (Å²) in [5, 5.41) is 2.20. The van der Waals surface area contributed by atoms with Crippen LogP contribution in [0.15, 0.2) is 40.6 Å². The van der Waals surface area contributed by atoms with Gasteiger partial charge in [0.05, 0.1) is 5.02 Å². The largest absolute Gasteiger partial charge is 0.336 e. The van der Waals surface area contributed by atoms with Crippen molar-refractivity contribution >= 4 is 38.9 Å². The third-order valence-electron chi connectivity index (χ3n) is 4.99. The van der Waals surface area contributed by atoms with E-state index in [1.54, 1.807) is 22.3 Å². The van der Waals surface area contributed by atoms with E-state index in [0.29, 0.717) is 18.7 Å². The minimum Gasteiger partial charge on any atom is -0.336 e. The van der Waals surface area contributed by atoms with Crippen molar-refractivity contribution in [3.63, 3.8) is 0 Å². The summed E-state index contributed by atoms with van der Waals surface area (Å²) in [5.41, 5.74) is 0.354. The number of halogens is 1. The molecule has 1 N–H and O–H groups in total. The molecule has 1 aliphatic carbocycles. The Hall–Kier alpha value is -1.45. The van der Waals surface area contributed by atoms with Crippen LogP contribution in [-0.2, 0) is 16.6 Å². The molecule has 1 aliphatic heterocycles. The Morgan fingerprint density at radius 2 is 1.93 bits per heavy atom. The highest BCUT2D eigenvalue weighted by atomic mass is 35.5. The first-order chi connectivity index (χ1) is 13.4. The number of sulfonamides is 1. The van der Waals surface area contributed by atoms with Gasteiger partial charge in [-0.25, -0.2) is 13.1 Å². The van der Waals surface area contributed by atoms with Crippen LogP contribution < -0.4 is 4.72 Å². The van der Waals surface area contributed by atoms with Crippen molar-refractivity contribution < 1.29 is 13.2 Å². The molecule has 2 aromatic rings. The first-order valence-corrected chi connectivity index (χ1v) is 12.0. The molecule has 6 nitrogen and oxygen atoms in total. The number of hydrogen-bond donors (Lipinski definition) is 1. The molecule has 0 spiro atoms. The molecular weight excluding hydrogens is 418 g/mol. The fourth-order valence-electron chi connectivity index (χ4n) is 3.24. The van der Waals surface area contributed by atoms with Crippen molar-refractivity contribution in [2.75, 3.05) is 26.2 Å². The molecule has 4 rings (SSSR count). The molecule has 150 valence electrons. The minimum atomic E-state index is -3.71. The first kappa shape index (κ1) is 19.8. The van der Waals surface area contributed by atoms with E-state index in [4.69, 9.17) is 11.6 Å². The smallest absolute Gasteiger partial charge is 0.253 e. The number of carbonyl (C=O) groups excluding carboxylic acids is 1. The third-order valence-corrected chi connectivity index (χ3v) is 7.85. The molecular formula is C19H22ClN3O3S2. The average Bonchev–Trinajstić information content (AvgIpc) is 3.33. The molecule has 2 heterocycles. The molecule has 1 amide bonds. The fourth-order valence-corrected chi connectivity index (χ4v) is 5.82. The predicted octanol–water partition coefficient (Wildman–Crippen LogP) is 2.80. The van der Waals surface area contributed by atoms with Gasteiger partial charge in [-0.05, 0) is 42.5 Å². The van der Waals surface area contributed by atoms with Crippen LogP contribution in [-0.4, -0.2) is 56.3 Å². The number of piperazine rings is 1. The summed E-state index contributed by atoms with van der Waals surface area (Å²) in [6.07, 6.45) is 1.68. The highest BCUT2D eigenvalue weighted by Crippen LogP contribution is 2.27. The van der Waals surface area contributed by atoms with Gasteiger partial charge in [0.1, 0.15) is 4.90 Å². The number of benzene rings is 1. The molecule has 0 radical (unpaired) electrons. The van der Waals surface area contributed by atoms with E-state index in [9.17, 15) is 13.2 Å². The second-order valence-corrected chi connectivity index (χ2v) is 10.3. The number of carbonyl (C=O) groups is 1. The van der Waals surface area contributed by atoms with Crippen LogP contribution in [0, 0.1) is 0 Å². The summed E-state index contributed by atoms with van der Waals surface area (Å²) in [5.74, 6) is -0.157. The van der Waals surface area contributed by atoms with E-state index in [1.807, 2.05) is 6.07 Å². The Morgan fingerprint density at radius 3 is 2.57 bits per heavy atom. The average molecular weight is 440 g/mol. The van der Waals surface area contributed by atoms with Crippen LogP contribution in [0.5, 0.6) is 0 Å². The Morgan fingerprint density at radius 1 is 1.18 bits per heavy atom. The lowest BCUT2D eigenvalue weighted by atomic mass is 10.2. The normalized spacial score (nSPS) is 18.4. The van der Waals surface area contributed by atoms with E-state index in [1.165, 1.54) is 17.0 Å². The Balaban J connectivity index is 1.43. The van der Waals surface area contributed by atoms with E-state index in [-0.39, 0.29) is 21.9 Å². The van der Waals surface area contributed by atoms with Gasteiger partial charge in [-0.1, -0.05) is 17.7 Å². The highest BCUT2D eigenvalue weighted by molar-refractivity contribution is 7.89. The van der Waals surface area contributed by atoms with Crippen LogP contribution in [0.25, 0.3) is 0 Å². The minimum absolute atomic E-state index is 0.0168. The molecule has 0 unspecified atom stereocenters. The van der Waals surface area contributed by atoms with Gasteiger partial charge >= 0.3 is 0 Å². The van der Waals surface area contributed by atoms with Crippen LogP contribution >= 0.6 is 22.9 Å². The Labute approximate surface area is 174 Å². The lowest BCUT2D eigenvalue weighted by Crippen LogP contribution is -2.48. The number of amides is 1. The van der Waals surface area contributed by atoms with Gasteiger partial charge < -0.3 is 4.90 Å². The molecule has 0 bridgehead atoms. The molecule has 28 heavy (non-hydrogen) atoms. The van der Waals surface area contributed by atoms with Crippen LogP contribution in [0.4, 0.5) is 0 Å². The highest BCUT2D eigenvalue weighted by Gasteiger charge is 2.30. The van der Waals surface area contributed by atoms with E-state index >= 15 is 0 Å². The van der Waals surface area contributed by atoms with Crippen molar-refractivity contribution in [1.82, 2.24) is 14.5 Å². The number of nitrogens with one attached hydrogen (secondary N) is 1. The summed E-state index contributed by atoms with van der Waals surface area (Å²) in [6, 6.07) is 8.63. The lowest BCUT2D eigenvalue weighted by molar-refractivity contribution is 0.0629. The second-order valence-electron chi connectivity index (χ2n) is 7.19. The van der Waals surface area contributed by atoms with Crippen LogP contribution in [0.2, 0.25) is 5.02 Å². The van der Waals surface area contributed by atoms with Crippen molar-refractivity contribution in [3.05, 3.63) is 51.2 Å². The fraction of sp³-hybridized carbons (Fsp3) is 0.421. The van der Waals surface area contributed by atoms with Gasteiger partial charge in [0.2, 0.25) is 10.0 Å². The quantitative estimate of drug-likeness (QED) is 0.751. The maximum atomic E-state index is 12.9. The number of nitrogens with zero attached hydrogens (tertiary/aromatic N) is 2. The van der Waals surface area contributed by atoms with Crippen molar-refractivity contribution in [1.29, 1.82) is 0 Å². The maximum Gasteiger partial charge on any atom is 0.253 e. The Bertz CT molecular complexity index is 951. The standard InChI is InChI=1S/C19H22ClN3O3S2/c20-17-6-3-14(12-18(17)28(25,26)21-15-4-5-15)19(24)23-9-7-22(8-10-23)13-16-2-1-11-27-16/h1-3,6,11-12,15,21H,4-5,7-10,13H2. The molecule has 1 aromatic heterocycles. The maximum absolute atomic E-state index is 12.9. The van der Waals surface area contributed by atoms with Gasteiger partial charge in [0.25, 0.3) is 5.91 Å². The zero-order valence-electron chi connectivity index (χ0n) is 15.3. The van der Waals surface area contributed by atoms with Crippen molar-refractivity contribution in [2.45, 2.75) is 30.3 Å². The lowest BCUT2D eigenvalue weighted by Gasteiger charge is -2.34. The zero-order chi connectivity index (χ0) is 19.7. The summed E-state index contributed by atoms with van der Waals surface area (Å²) >= 11 is 7.85. The van der Waals surface area contributed by atoms with E-state index in [2.05, 4.69) is 21.1 Å². The molecule has 2 aliphatic rings. The summed E-state index contributed by atoms with van der Waals surface area (Å²) in [7, 11) is -3.71. The topological polar surface area (TPSA) is 69.7 Å². The molecule has 2 fully saturated rings. The van der Waals surface area contributed by atoms with Crippen molar-refractivity contribution in [2.24, 2.45) is 0 Å². The molecule has 1 aromatic carbocycles. The summed E-state index contributed by atoms with van der Waals surface area (Å²) < 4.78 is 27.7. The molecule has 0 atom stereocenters. The molecule has 1 saturated heterocycles. The van der Waals surface area contributed by atoms with Gasteiger partial charge in [0.15, 0.2) is 0 Å². The number of hydrogen-bond acceptors (Lipinski definition) is 5. The Kier molecular flexibility index (Phi) is 5.76. The summed E-state index contributed by atoms with van der Waals surface area (Å²) in [4.78, 5) is 18.3. The number of rotatable bonds is 6. The van der Waals surface area contributed by atoms with E-state index < -0.39 is 10.0 Å². The second kappa shape index (κ2) is 8.12. The molecule has 9 heteroatoms. The first-order valence-electron chi connectivity index (χ1n) is 9.28. The van der Waals surface area contributed by atoms with E-state index in [0.717, 1.165) is 32.5 Å². The van der Waals surface area contributed by atoms with Crippen molar-refractivity contribution in [3.8, 4) is 0 Å². The number of thiophene rings is 1. The zero-order valence-corrected chi connectivity index (χ0v) is 17.7. The molecule has 1 saturated carbocycles. The van der Waals surface area contributed by atoms with Gasteiger partial charge in [-0.15, -0.1) is 11.3 Å². The van der Waals surface area contributed by atoms with Gasteiger partial charge in [0, 0.05) is 49.2 Å². The SMILES string of the molecule is O=C(c1ccc(Cl)c(S(=O)(=O)NC2CC2)c1)N1CCN(Cc2cccs2)CC1. The van der Waals surface area contributed by atoms with Gasteiger partial charge in [-0.2, -0.15) is 0 Å².